The van der Waals surface area contributed by atoms with Crippen LogP contribution in [0.2, 0.25) is 0 Å². The van der Waals surface area contributed by atoms with E-state index in [1.54, 1.807) is 11.3 Å². The lowest BCUT2D eigenvalue weighted by atomic mass is 10.0. The molecule has 1 amide bonds. The Hall–Kier alpha value is -1.46. The molecule has 1 fully saturated rings. The molecule has 0 unspecified atom stereocenters. The summed E-state index contributed by atoms with van der Waals surface area (Å²) in [5.74, 6) is 0.324. The first-order valence-electron chi connectivity index (χ1n) is 9.12. The van der Waals surface area contributed by atoms with Gasteiger partial charge in [0.1, 0.15) is 0 Å². The molecule has 0 atom stereocenters. The van der Waals surface area contributed by atoms with E-state index < -0.39 is 0 Å². The van der Waals surface area contributed by atoms with Crippen molar-refractivity contribution in [3.63, 3.8) is 0 Å². The fraction of sp³-hybridized carbons (Fsp3) is 0.579. The number of hydrogen-bond acceptors (Lipinski definition) is 4. The molecule has 130 valence electrons. The number of carbonyl (C=O) groups excluding carboxylic acids is 1. The molecule has 1 aliphatic heterocycles. The highest BCUT2D eigenvalue weighted by atomic mass is 32.1. The molecule has 2 aromatic rings. The first-order chi connectivity index (χ1) is 11.8. The molecule has 1 aliphatic rings. The van der Waals surface area contributed by atoms with Gasteiger partial charge in [-0.3, -0.25) is 4.79 Å². The fourth-order valence-electron chi connectivity index (χ4n) is 3.43. The van der Waals surface area contributed by atoms with E-state index in [2.05, 4.69) is 40.3 Å². The number of thiazole rings is 1. The molecule has 1 saturated heterocycles. The lowest BCUT2D eigenvalue weighted by molar-refractivity contribution is -0.134. The van der Waals surface area contributed by atoms with Gasteiger partial charge in [-0.1, -0.05) is 19.1 Å². The Kier molecular flexibility index (Phi) is 6.21. The van der Waals surface area contributed by atoms with Gasteiger partial charge in [0.25, 0.3) is 0 Å². The number of piperidine rings is 1. The first-order valence-corrected chi connectivity index (χ1v) is 9.94. The van der Waals surface area contributed by atoms with Gasteiger partial charge in [-0.2, -0.15) is 0 Å². The van der Waals surface area contributed by atoms with Crippen LogP contribution in [0, 0.1) is 0 Å². The Morgan fingerprint density at radius 3 is 2.88 bits per heavy atom. The zero-order valence-corrected chi connectivity index (χ0v) is 15.3. The minimum atomic E-state index is 0.324. The Morgan fingerprint density at radius 2 is 2.12 bits per heavy atom. The van der Waals surface area contributed by atoms with Crippen LogP contribution in [0.4, 0.5) is 0 Å². The van der Waals surface area contributed by atoms with Crippen molar-refractivity contribution < 1.29 is 4.79 Å². The number of benzene rings is 1. The summed E-state index contributed by atoms with van der Waals surface area (Å²) in [7, 11) is 0. The maximum absolute atomic E-state index is 12.7. The van der Waals surface area contributed by atoms with Crippen LogP contribution in [0.3, 0.4) is 0 Å². The normalized spacial score (nSPS) is 15.7. The third-order valence-corrected chi connectivity index (χ3v) is 5.75. The standard InChI is InChI=1S/C19H27N3OS/c1-2-14-22(15-10-12-20-13-11-15)19(23)9-5-8-18-21-16-6-3-4-7-17(16)24-18/h3-4,6-7,15,20H,2,5,8-14H2,1H3. The van der Waals surface area contributed by atoms with Gasteiger partial charge in [0, 0.05) is 19.0 Å². The molecule has 0 saturated carbocycles. The van der Waals surface area contributed by atoms with Gasteiger partial charge < -0.3 is 10.2 Å². The number of amides is 1. The molecule has 0 bridgehead atoms. The molecule has 0 spiro atoms. The van der Waals surface area contributed by atoms with Crippen molar-refractivity contribution in [1.82, 2.24) is 15.2 Å². The van der Waals surface area contributed by atoms with E-state index >= 15 is 0 Å². The van der Waals surface area contributed by atoms with Crippen molar-refractivity contribution >= 4 is 27.5 Å². The maximum atomic E-state index is 12.7. The molecule has 0 radical (unpaired) electrons. The summed E-state index contributed by atoms with van der Waals surface area (Å²) in [5.41, 5.74) is 1.08. The van der Waals surface area contributed by atoms with E-state index in [4.69, 9.17) is 0 Å². The van der Waals surface area contributed by atoms with E-state index in [1.165, 1.54) is 4.70 Å². The zero-order valence-electron chi connectivity index (χ0n) is 14.5. The van der Waals surface area contributed by atoms with Crippen LogP contribution in [0.5, 0.6) is 0 Å². The predicted octanol–water partition coefficient (Wildman–Crippen LogP) is 3.61. The van der Waals surface area contributed by atoms with Crippen LogP contribution in [-0.2, 0) is 11.2 Å². The quantitative estimate of drug-likeness (QED) is 0.834. The van der Waals surface area contributed by atoms with Gasteiger partial charge in [-0.25, -0.2) is 4.98 Å². The number of aromatic nitrogens is 1. The van der Waals surface area contributed by atoms with E-state index in [0.29, 0.717) is 18.4 Å². The number of rotatable bonds is 7. The van der Waals surface area contributed by atoms with Crippen LogP contribution >= 0.6 is 11.3 Å². The monoisotopic (exact) mass is 345 g/mol. The Balaban J connectivity index is 1.52. The average molecular weight is 346 g/mol. The van der Waals surface area contributed by atoms with Crippen LogP contribution in [0.1, 0.15) is 44.0 Å². The number of hydrogen-bond donors (Lipinski definition) is 1. The van der Waals surface area contributed by atoms with Gasteiger partial charge >= 0.3 is 0 Å². The molecule has 24 heavy (non-hydrogen) atoms. The molecule has 1 aromatic heterocycles. The predicted molar refractivity (Wildman–Crippen MR) is 100 cm³/mol. The highest BCUT2D eigenvalue weighted by Crippen LogP contribution is 2.23. The number of nitrogens with zero attached hydrogens (tertiary/aromatic N) is 2. The summed E-state index contributed by atoms with van der Waals surface area (Å²) in [6, 6.07) is 8.68. The van der Waals surface area contributed by atoms with Crippen LogP contribution in [-0.4, -0.2) is 41.5 Å². The van der Waals surface area contributed by atoms with Crippen molar-refractivity contribution in [1.29, 1.82) is 0 Å². The molecule has 0 aliphatic carbocycles. The molecular weight excluding hydrogens is 318 g/mol. The molecule has 4 nitrogen and oxygen atoms in total. The summed E-state index contributed by atoms with van der Waals surface area (Å²) in [4.78, 5) is 19.5. The molecule has 1 N–H and O–H groups in total. The second kappa shape index (κ2) is 8.58. The van der Waals surface area contributed by atoms with Gasteiger partial charge in [-0.15, -0.1) is 11.3 Å². The van der Waals surface area contributed by atoms with Crippen LogP contribution in [0.25, 0.3) is 10.2 Å². The SMILES string of the molecule is CCCN(C(=O)CCCc1nc2ccccc2s1)C1CCNCC1. The van der Waals surface area contributed by atoms with Gasteiger partial charge in [0.05, 0.1) is 15.2 Å². The fourth-order valence-corrected chi connectivity index (χ4v) is 4.44. The van der Waals surface area contributed by atoms with Crippen molar-refractivity contribution in [3.05, 3.63) is 29.3 Å². The van der Waals surface area contributed by atoms with Gasteiger partial charge in [0.2, 0.25) is 5.91 Å². The van der Waals surface area contributed by atoms with E-state index in [-0.39, 0.29) is 0 Å². The molecular formula is C19H27N3OS. The van der Waals surface area contributed by atoms with Gasteiger partial charge in [-0.05, 0) is 57.3 Å². The number of para-hydroxylation sites is 1. The first kappa shape index (κ1) is 17.4. The smallest absolute Gasteiger partial charge is 0.222 e. The Bertz CT molecular complexity index is 630. The number of aryl methyl sites for hydroxylation is 1. The van der Waals surface area contributed by atoms with Crippen molar-refractivity contribution in [2.75, 3.05) is 19.6 Å². The maximum Gasteiger partial charge on any atom is 0.222 e. The highest BCUT2D eigenvalue weighted by Gasteiger charge is 2.24. The molecule has 1 aromatic carbocycles. The van der Waals surface area contributed by atoms with E-state index in [1.807, 2.05) is 6.07 Å². The van der Waals surface area contributed by atoms with E-state index in [9.17, 15) is 4.79 Å². The zero-order chi connectivity index (χ0) is 16.8. The van der Waals surface area contributed by atoms with Crippen LogP contribution < -0.4 is 5.32 Å². The van der Waals surface area contributed by atoms with Gasteiger partial charge in [0.15, 0.2) is 0 Å². The van der Waals surface area contributed by atoms with Crippen molar-refractivity contribution in [3.8, 4) is 0 Å². The largest absolute Gasteiger partial charge is 0.340 e. The second-order valence-electron chi connectivity index (χ2n) is 6.50. The molecule has 3 rings (SSSR count). The number of carbonyl (C=O) groups is 1. The summed E-state index contributed by atoms with van der Waals surface area (Å²) < 4.78 is 1.24. The Morgan fingerprint density at radius 1 is 1.33 bits per heavy atom. The summed E-state index contributed by atoms with van der Waals surface area (Å²) in [6.45, 7) is 5.11. The lowest BCUT2D eigenvalue weighted by Gasteiger charge is -2.34. The van der Waals surface area contributed by atoms with Crippen LogP contribution in [0.15, 0.2) is 24.3 Å². The molecule has 5 heteroatoms. The topological polar surface area (TPSA) is 45.2 Å². The minimum absolute atomic E-state index is 0.324. The number of nitrogens with one attached hydrogen (secondary N) is 1. The molecule has 2 heterocycles. The summed E-state index contributed by atoms with van der Waals surface area (Å²) in [5, 5.41) is 4.53. The van der Waals surface area contributed by atoms with E-state index in [0.717, 1.165) is 62.3 Å². The second-order valence-corrected chi connectivity index (χ2v) is 7.61. The van der Waals surface area contributed by atoms with Crippen molar-refractivity contribution in [2.24, 2.45) is 0 Å². The average Bonchev–Trinajstić information content (AvgIpc) is 3.03. The third kappa shape index (κ3) is 4.33. The summed E-state index contributed by atoms with van der Waals surface area (Å²) in [6.07, 6.45) is 5.64. The minimum Gasteiger partial charge on any atom is -0.340 e. The lowest BCUT2D eigenvalue weighted by Crippen LogP contribution is -2.46. The highest BCUT2D eigenvalue weighted by molar-refractivity contribution is 7.18. The van der Waals surface area contributed by atoms with Crippen molar-refractivity contribution in [2.45, 2.75) is 51.5 Å². The Labute approximate surface area is 148 Å². The third-order valence-electron chi connectivity index (χ3n) is 4.65. The summed E-state index contributed by atoms with van der Waals surface area (Å²) >= 11 is 1.75. The number of fused-ring (bicyclic) bond motifs is 1.